The molecular formula is C12H16BrN3O2. The molecule has 1 fully saturated rings. The smallest absolute Gasteiger partial charge is 0.270 e. The molecule has 1 aliphatic rings. The highest BCUT2D eigenvalue weighted by Gasteiger charge is 2.17. The predicted octanol–water partition coefficient (Wildman–Crippen LogP) is 2.28. The summed E-state index contributed by atoms with van der Waals surface area (Å²) in [5.74, 6) is 0. The fourth-order valence-electron chi connectivity index (χ4n) is 2.32. The molecule has 98 valence electrons. The molecule has 0 aliphatic carbocycles. The molecule has 1 atom stereocenters. The Hall–Kier alpha value is -0.980. The topological polar surface area (TPSA) is 72.4 Å². The van der Waals surface area contributed by atoms with Crippen LogP contribution in [0.3, 0.4) is 0 Å². The predicted molar refractivity (Wildman–Crippen MR) is 73.3 cm³/mol. The van der Waals surface area contributed by atoms with Crippen molar-refractivity contribution in [3.05, 3.63) is 38.3 Å². The van der Waals surface area contributed by atoms with E-state index in [1.807, 2.05) is 6.07 Å². The number of nitro groups is 1. The molecule has 0 spiro atoms. The molecule has 0 aromatic heterocycles. The van der Waals surface area contributed by atoms with Gasteiger partial charge in [0.25, 0.3) is 5.69 Å². The Morgan fingerprint density at radius 1 is 1.50 bits per heavy atom. The highest BCUT2D eigenvalue weighted by Crippen LogP contribution is 2.23. The van der Waals surface area contributed by atoms with Gasteiger partial charge in [-0.15, -0.1) is 0 Å². The maximum atomic E-state index is 10.8. The minimum Gasteiger partial charge on any atom is -0.327 e. The largest absolute Gasteiger partial charge is 0.327 e. The standard InChI is InChI=1S/C12H16BrN3O2/c13-10-4-9(5-12(6-10)16(17)18)7-15-3-1-2-11(14)8-15/h4-6,11H,1-3,7-8,14H2/t11-/m1/s1. The average Bonchev–Trinajstić information content (AvgIpc) is 2.28. The van der Waals surface area contributed by atoms with Crippen molar-refractivity contribution in [1.82, 2.24) is 4.90 Å². The molecule has 2 rings (SSSR count). The third-order valence-corrected chi connectivity index (χ3v) is 3.56. The number of halogens is 1. The lowest BCUT2D eigenvalue weighted by molar-refractivity contribution is -0.385. The van der Waals surface area contributed by atoms with E-state index < -0.39 is 0 Å². The third kappa shape index (κ3) is 3.51. The van der Waals surface area contributed by atoms with E-state index in [1.54, 1.807) is 6.07 Å². The molecule has 0 bridgehead atoms. The van der Waals surface area contributed by atoms with Crippen LogP contribution in [0.25, 0.3) is 0 Å². The summed E-state index contributed by atoms with van der Waals surface area (Å²) in [5.41, 5.74) is 7.00. The van der Waals surface area contributed by atoms with E-state index in [9.17, 15) is 10.1 Å². The summed E-state index contributed by atoms with van der Waals surface area (Å²) in [6.07, 6.45) is 2.16. The van der Waals surface area contributed by atoms with Crippen LogP contribution in [0.1, 0.15) is 18.4 Å². The summed E-state index contributed by atoms with van der Waals surface area (Å²) in [6, 6.07) is 5.30. The number of hydrogen-bond donors (Lipinski definition) is 1. The van der Waals surface area contributed by atoms with Crippen LogP contribution in [0, 0.1) is 10.1 Å². The van der Waals surface area contributed by atoms with Gasteiger partial charge in [0.1, 0.15) is 0 Å². The second-order valence-electron chi connectivity index (χ2n) is 4.71. The maximum absolute atomic E-state index is 10.8. The first-order chi connectivity index (χ1) is 8.54. The van der Waals surface area contributed by atoms with E-state index in [2.05, 4.69) is 20.8 Å². The minimum absolute atomic E-state index is 0.126. The quantitative estimate of drug-likeness (QED) is 0.686. The Labute approximate surface area is 114 Å². The van der Waals surface area contributed by atoms with Crippen LogP contribution in [0.15, 0.2) is 22.7 Å². The van der Waals surface area contributed by atoms with Gasteiger partial charge in [-0.05, 0) is 31.0 Å². The van der Waals surface area contributed by atoms with Crippen LogP contribution in [0.4, 0.5) is 5.69 Å². The number of rotatable bonds is 3. The van der Waals surface area contributed by atoms with Crippen molar-refractivity contribution in [3.63, 3.8) is 0 Å². The molecule has 18 heavy (non-hydrogen) atoms. The van der Waals surface area contributed by atoms with E-state index in [4.69, 9.17) is 5.73 Å². The van der Waals surface area contributed by atoms with Crippen LogP contribution in [-0.4, -0.2) is 29.0 Å². The zero-order valence-corrected chi connectivity index (χ0v) is 11.6. The first-order valence-corrected chi connectivity index (χ1v) is 6.75. The van der Waals surface area contributed by atoms with Crippen LogP contribution in [0.5, 0.6) is 0 Å². The molecule has 1 heterocycles. The monoisotopic (exact) mass is 313 g/mol. The molecule has 0 saturated carbocycles. The van der Waals surface area contributed by atoms with Gasteiger partial charge in [0.05, 0.1) is 4.92 Å². The Balaban J connectivity index is 2.10. The van der Waals surface area contributed by atoms with Crippen LogP contribution in [-0.2, 0) is 6.54 Å². The average molecular weight is 314 g/mol. The lowest BCUT2D eigenvalue weighted by Crippen LogP contribution is -2.42. The first-order valence-electron chi connectivity index (χ1n) is 5.96. The summed E-state index contributed by atoms with van der Waals surface area (Å²) in [7, 11) is 0. The number of nitrogens with zero attached hydrogens (tertiary/aromatic N) is 2. The summed E-state index contributed by atoms with van der Waals surface area (Å²) < 4.78 is 0.744. The molecule has 1 saturated heterocycles. The third-order valence-electron chi connectivity index (χ3n) is 3.10. The lowest BCUT2D eigenvalue weighted by atomic mass is 10.1. The van der Waals surface area contributed by atoms with Crippen molar-refractivity contribution >= 4 is 21.6 Å². The molecule has 0 amide bonds. The number of benzene rings is 1. The first kappa shape index (κ1) is 13.5. The SMILES string of the molecule is N[C@@H]1CCCN(Cc2cc(Br)cc([N+](=O)[O-])c2)C1. The van der Waals surface area contributed by atoms with Crippen molar-refractivity contribution in [2.45, 2.75) is 25.4 Å². The Bertz CT molecular complexity index is 453. The van der Waals surface area contributed by atoms with E-state index >= 15 is 0 Å². The summed E-state index contributed by atoms with van der Waals surface area (Å²) in [6.45, 7) is 2.59. The van der Waals surface area contributed by atoms with Crippen molar-refractivity contribution in [1.29, 1.82) is 0 Å². The molecule has 1 aromatic carbocycles. The van der Waals surface area contributed by atoms with E-state index in [1.165, 1.54) is 6.07 Å². The van der Waals surface area contributed by atoms with Gasteiger partial charge in [0.2, 0.25) is 0 Å². The Kier molecular flexibility index (Phi) is 4.31. The number of nitro benzene ring substituents is 1. The highest BCUT2D eigenvalue weighted by atomic mass is 79.9. The summed E-state index contributed by atoms with van der Waals surface area (Å²) in [5, 5.41) is 10.8. The van der Waals surface area contributed by atoms with Gasteiger partial charge in [0, 0.05) is 35.7 Å². The second-order valence-corrected chi connectivity index (χ2v) is 5.63. The van der Waals surface area contributed by atoms with E-state index in [0.29, 0.717) is 6.54 Å². The molecule has 0 radical (unpaired) electrons. The van der Waals surface area contributed by atoms with Gasteiger partial charge < -0.3 is 5.73 Å². The zero-order chi connectivity index (χ0) is 13.1. The van der Waals surface area contributed by atoms with Crippen LogP contribution in [0.2, 0.25) is 0 Å². The zero-order valence-electron chi connectivity index (χ0n) is 10.0. The van der Waals surface area contributed by atoms with Gasteiger partial charge >= 0.3 is 0 Å². The van der Waals surface area contributed by atoms with Gasteiger partial charge in [-0.25, -0.2) is 0 Å². The molecule has 6 heteroatoms. The highest BCUT2D eigenvalue weighted by molar-refractivity contribution is 9.10. The maximum Gasteiger partial charge on any atom is 0.270 e. The molecule has 0 unspecified atom stereocenters. The van der Waals surface area contributed by atoms with Crippen LogP contribution >= 0.6 is 15.9 Å². The van der Waals surface area contributed by atoms with E-state index in [0.717, 1.165) is 36.0 Å². The van der Waals surface area contributed by atoms with Gasteiger partial charge in [-0.3, -0.25) is 15.0 Å². The Morgan fingerprint density at radius 3 is 2.94 bits per heavy atom. The van der Waals surface area contributed by atoms with Crippen molar-refractivity contribution in [3.8, 4) is 0 Å². The summed E-state index contributed by atoms with van der Waals surface area (Å²) in [4.78, 5) is 12.7. The molecule has 1 aliphatic heterocycles. The minimum atomic E-state index is -0.365. The van der Waals surface area contributed by atoms with Crippen molar-refractivity contribution < 1.29 is 4.92 Å². The van der Waals surface area contributed by atoms with Gasteiger partial charge in [-0.1, -0.05) is 15.9 Å². The number of piperidine rings is 1. The normalized spacial score (nSPS) is 20.9. The number of nitrogens with two attached hydrogens (primary N) is 1. The Morgan fingerprint density at radius 2 is 2.28 bits per heavy atom. The molecule has 5 nitrogen and oxygen atoms in total. The van der Waals surface area contributed by atoms with Gasteiger partial charge in [-0.2, -0.15) is 0 Å². The van der Waals surface area contributed by atoms with E-state index in [-0.39, 0.29) is 16.7 Å². The van der Waals surface area contributed by atoms with Crippen LogP contribution < -0.4 is 5.73 Å². The summed E-state index contributed by atoms with van der Waals surface area (Å²) >= 11 is 3.31. The molecule has 2 N–H and O–H groups in total. The number of hydrogen-bond acceptors (Lipinski definition) is 4. The lowest BCUT2D eigenvalue weighted by Gasteiger charge is -2.30. The van der Waals surface area contributed by atoms with Crippen molar-refractivity contribution in [2.24, 2.45) is 5.73 Å². The van der Waals surface area contributed by atoms with Crippen molar-refractivity contribution in [2.75, 3.05) is 13.1 Å². The number of non-ortho nitro benzene ring substituents is 1. The second kappa shape index (κ2) is 5.77. The van der Waals surface area contributed by atoms with Gasteiger partial charge in [0.15, 0.2) is 0 Å². The fourth-order valence-corrected chi connectivity index (χ4v) is 2.85. The fraction of sp³-hybridized carbons (Fsp3) is 0.500. The number of likely N-dealkylation sites (tertiary alicyclic amines) is 1. The molecule has 1 aromatic rings. The molecular weight excluding hydrogens is 298 g/mol.